The number of carboxylic acid groups (broad SMARTS) is 1. The monoisotopic (exact) mass is 528 g/mol. The van der Waals surface area contributed by atoms with Crippen molar-refractivity contribution in [2.45, 2.75) is 30.9 Å². The molecule has 38 heavy (non-hydrogen) atoms. The minimum atomic E-state index is -2.36. The third-order valence-corrected chi connectivity index (χ3v) is 12.2. The molecule has 0 aliphatic carbocycles. The second kappa shape index (κ2) is 7.69. The molecule has 1 spiro atoms. The quantitative estimate of drug-likeness (QED) is 0.345. The van der Waals surface area contributed by atoms with E-state index in [4.69, 9.17) is 4.74 Å². The molecule has 4 aliphatic rings. The summed E-state index contributed by atoms with van der Waals surface area (Å²) < 4.78 is 6.34. The lowest BCUT2D eigenvalue weighted by Crippen LogP contribution is -2.64. The number of rotatable bonds is 3. The van der Waals surface area contributed by atoms with Gasteiger partial charge < -0.3 is 29.9 Å². The Hall–Kier alpha value is -3.66. The average molecular weight is 529 g/mol. The maximum atomic E-state index is 13.3. The molecule has 0 aromatic heterocycles. The first kappa shape index (κ1) is 23.5. The van der Waals surface area contributed by atoms with Crippen LogP contribution < -0.4 is 20.2 Å². The highest BCUT2D eigenvalue weighted by Crippen LogP contribution is 2.49. The minimum Gasteiger partial charge on any atom is -0.478 e. The van der Waals surface area contributed by atoms with Gasteiger partial charge in [0.2, 0.25) is 0 Å². The Bertz CT molecular complexity index is 1470. The van der Waals surface area contributed by atoms with Crippen molar-refractivity contribution in [3.63, 3.8) is 0 Å². The minimum absolute atomic E-state index is 0.101. The number of esters is 1. The zero-order valence-corrected chi connectivity index (χ0v) is 22.1. The number of hydrogen-bond donors (Lipinski definition) is 3. The maximum Gasteiger partial charge on any atom is 0.340 e. The number of carboxylic acids is 1. The molecule has 9 heteroatoms. The van der Waals surface area contributed by atoms with Gasteiger partial charge in [-0.2, -0.15) is 0 Å². The van der Waals surface area contributed by atoms with Crippen LogP contribution in [0.25, 0.3) is 0 Å². The number of aliphatic hydroxyl groups excluding tert-OH is 2. The molecule has 0 unspecified atom stereocenters. The molecule has 2 fully saturated rings. The molecule has 194 valence electrons. The number of hydrogen-bond acceptors (Lipinski definition) is 7. The highest BCUT2D eigenvalue weighted by atomic mass is 28.3. The lowest BCUT2D eigenvalue weighted by molar-refractivity contribution is 0.0255. The zero-order valence-electron chi connectivity index (χ0n) is 21.1. The first-order valence-corrected chi connectivity index (χ1v) is 15.9. The standard InChI is InChI=1S/C29H28N2O6Si/c1-38(2)25-10-17(30-12-19(32)13-30)4-7-22(25)29(23-8-5-18(11-26(23)38)31-14-20(33)15-31)24-9-16(27(34)35)3-6-21(24)28(36)37-29/h3-11,19-20,32-33H,12-15H2,1-2H3,(H,34,35). The largest absolute Gasteiger partial charge is 0.478 e. The number of anilines is 2. The maximum absolute atomic E-state index is 13.3. The lowest BCUT2D eigenvalue weighted by atomic mass is 9.78. The van der Waals surface area contributed by atoms with Gasteiger partial charge in [0.25, 0.3) is 0 Å². The van der Waals surface area contributed by atoms with Crippen LogP contribution in [0.4, 0.5) is 11.4 Å². The smallest absolute Gasteiger partial charge is 0.340 e. The summed E-state index contributed by atoms with van der Waals surface area (Å²) in [6, 6.07) is 17.0. The average Bonchev–Trinajstić information content (AvgIpc) is 3.15. The fourth-order valence-corrected chi connectivity index (χ4v) is 9.70. The molecule has 0 amide bonds. The molecular formula is C29H28N2O6Si. The summed E-state index contributed by atoms with van der Waals surface area (Å²) in [7, 11) is -2.36. The van der Waals surface area contributed by atoms with E-state index in [0.29, 0.717) is 37.3 Å². The van der Waals surface area contributed by atoms with Gasteiger partial charge in [0, 0.05) is 54.2 Å². The Morgan fingerprint density at radius 2 is 1.37 bits per heavy atom. The van der Waals surface area contributed by atoms with E-state index >= 15 is 0 Å². The molecule has 2 saturated heterocycles. The second-order valence-corrected chi connectivity index (χ2v) is 15.7. The number of ether oxygens (including phenoxy) is 1. The molecular weight excluding hydrogens is 500 g/mol. The summed E-state index contributed by atoms with van der Waals surface area (Å²) in [5, 5.41) is 31.8. The zero-order chi connectivity index (χ0) is 26.6. The van der Waals surface area contributed by atoms with Crippen molar-refractivity contribution < 1.29 is 29.6 Å². The van der Waals surface area contributed by atoms with Gasteiger partial charge in [-0.3, -0.25) is 0 Å². The molecule has 3 aromatic carbocycles. The highest BCUT2D eigenvalue weighted by Gasteiger charge is 2.56. The molecule has 3 N–H and O–H groups in total. The van der Waals surface area contributed by atoms with E-state index in [0.717, 1.165) is 32.9 Å². The summed E-state index contributed by atoms with van der Waals surface area (Å²) in [5.74, 6) is -1.54. The van der Waals surface area contributed by atoms with Crippen molar-refractivity contribution >= 4 is 41.8 Å². The van der Waals surface area contributed by atoms with Crippen LogP contribution >= 0.6 is 0 Å². The van der Waals surface area contributed by atoms with Crippen LogP contribution in [0.2, 0.25) is 13.1 Å². The summed E-state index contributed by atoms with van der Waals surface area (Å²) >= 11 is 0. The van der Waals surface area contributed by atoms with E-state index in [1.54, 1.807) is 12.1 Å². The SMILES string of the molecule is C[Si]1(C)c2cc(N3CC(O)C3)ccc2C2(OC(=O)c3ccc(C(=O)O)cc32)c2ccc(N3CC(O)C3)cc21. The third-order valence-electron chi connectivity index (χ3n) is 8.68. The number of carbonyl (C=O) groups excluding carboxylic acids is 1. The van der Waals surface area contributed by atoms with Crippen LogP contribution in [0.15, 0.2) is 54.6 Å². The number of nitrogens with zero attached hydrogens (tertiary/aromatic N) is 2. The van der Waals surface area contributed by atoms with Gasteiger partial charge in [0.05, 0.1) is 23.3 Å². The lowest BCUT2D eigenvalue weighted by Gasteiger charge is -2.46. The van der Waals surface area contributed by atoms with Gasteiger partial charge in [0.1, 0.15) is 8.07 Å². The van der Waals surface area contributed by atoms with Crippen LogP contribution in [0.1, 0.15) is 37.4 Å². The molecule has 7 rings (SSSR count). The van der Waals surface area contributed by atoms with Crippen LogP contribution in [0.3, 0.4) is 0 Å². The van der Waals surface area contributed by atoms with Gasteiger partial charge in [-0.1, -0.05) is 25.2 Å². The van der Waals surface area contributed by atoms with Crippen molar-refractivity contribution in [1.82, 2.24) is 0 Å². The normalized spacial score (nSPS) is 20.8. The number of benzene rings is 3. The fraction of sp³-hybridized carbons (Fsp3) is 0.310. The van der Waals surface area contributed by atoms with Gasteiger partial charge >= 0.3 is 11.9 Å². The summed E-state index contributed by atoms with van der Waals surface area (Å²) in [6.45, 7) is 6.86. The molecule has 0 bridgehead atoms. The van der Waals surface area contributed by atoms with Gasteiger partial charge in [0.15, 0.2) is 5.60 Å². The summed E-state index contributed by atoms with van der Waals surface area (Å²) in [5.41, 5.74) is 3.53. The molecule has 3 aromatic rings. The van der Waals surface area contributed by atoms with E-state index in [1.807, 2.05) is 24.3 Å². The van der Waals surface area contributed by atoms with Gasteiger partial charge in [-0.25, -0.2) is 9.59 Å². The third kappa shape index (κ3) is 3.03. The Balaban J connectivity index is 1.50. The van der Waals surface area contributed by atoms with E-state index in [1.165, 1.54) is 6.07 Å². The fourth-order valence-electron chi connectivity index (χ4n) is 6.52. The van der Waals surface area contributed by atoms with Crippen LogP contribution in [-0.4, -0.2) is 73.7 Å². The van der Waals surface area contributed by atoms with Gasteiger partial charge in [-0.15, -0.1) is 0 Å². The topological polar surface area (TPSA) is 111 Å². The predicted molar refractivity (Wildman–Crippen MR) is 145 cm³/mol. The van der Waals surface area contributed by atoms with E-state index in [9.17, 15) is 24.9 Å². The molecule has 4 heterocycles. The van der Waals surface area contributed by atoms with E-state index < -0.39 is 25.6 Å². The molecule has 0 saturated carbocycles. The van der Waals surface area contributed by atoms with Gasteiger partial charge in [-0.05, 0) is 52.8 Å². The van der Waals surface area contributed by atoms with Crippen molar-refractivity contribution in [3.05, 3.63) is 82.4 Å². The molecule has 4 aliphatic heterocycles. The Kier molecular flexibility index (Phi) is 4.75. The Morgan fingerprint density at radius 1 is 0.842 bits per heavy atom. The number of aromatic carboxylic acids is 1. The van der Waals surface area contributed by atoms with E-state index in [2.05, 4.69) is 35.0 Å². The summed E-state index contributed by atoms with van der Waals surface area (Å²) in [4.78, 5) is 29.5. The number of β-amino-alcohol motifs (C(OH)–C–C–N with tert-alkyl or cyclic N) is 2. The number of aliphatic hydroxyl groups is 2. The number of carbonyl (C=O) groups is 2. The van der Waals surface area contributed by atoms with Crippen molar-refractivity contribution in [2.75, 3.05) is 36.0 Å². The predicted octanol–water partition coefficient (Wildman–Crippen LogP) is 1.34. The summed E-state index contributed by atoms with van der Waals surface area (Å²) in [6.07, 6.45) is -0.676. The second-order valence-electron chi connectivity index (χ2n) is 11.3. The molecule has 8 nitrogen and oxygen atoms in total. The molecule has 0 radical (unpaired) electrons. The first-order valence-electron chi connectivity index (χ1n) is 12.9. The van der Waals surface area contributed by atoms with Crippen molar-refractivity contribution in [3.8, 4) is 0 Å². The Labute approximate surface area is 220 Å². The first-order chi connectivity index (χ1) is 18.1. The number of fused-ring (bicyclic) bond motifs is 6. The van der Waals surface area contributed by atoms with Crippen molar-refractivity contribution in [2.24, 2.45) is 0 Å². The Morgan fingerprint density at radius 3 is 1.84 bits per heavy atom. The van der Waals surface area contributed by atoms with Crippen LogP contribution in [0, 0.1) is 0 Å². The van der Waals surface area contributed by atoms with Crippen LogP contribution in [-0.2, 0) is 10.3 Å². The van der Waals surface area contributed by atoms with Crippen molar-refractivity contribution in [1.29, 1.82) is 0 Å². The van der Waals surface area contributed by atoms with E-state index in [-0.39, 0.29) is 17.8 Å². The highest BCUT2D eigenvalue weighted by molar-refractivity contribution is 7.01. The van der Waals surface area contributed by atoms with Crippen LogP contribution in [0.5, 0.6) is 0 Å². The molecule has 0 atom stereocenters.